The molecule has 0 saturated carbocycles. The van der Waals surface area contributed by atoms with Gasteiger partial charge in [0.1, 0.15) is 12.1 Å². The molecule has 0 aromatic rings. The molecule has 38 heavy (non-hydrogen) atoms. The molecule has 0 radical (unpaired) electrons. The van der Waals surface area contributed by atoms with Crippen LogP contribution >= 0.6 is 0 Å². The largest absolute Gasteiger partial charge is 0.501 e. The Bertz CT molecular complexity index is 728. The summed E-state index contributed by atoms with van der Waals surface area (Å²) in [7, 11) is 1.68. The van der Waals surface area contributed by atoms with Crippen LogP contribution in [-0.2, 0) is 28.7 Å². The first-order valence-electron chi connectivity index (χ1n) is 12.9. The lowest BCUT2D eigenvalue weighted by Gasteiger charge is -2.41. The molecular weight excluding hydrogens is 488 g/mol. The molecule has 2 aliphatic heterocycles. The van der Waals surface area contributed by atoms with E-state index < -0.39 is 5.97 Å². The predicted octanol–water partition coefficient (Wildman–Crippen LogP) is 5.17. The highest BCUT2D eigenvalue weighted by molar-refractivity contribution is 5.89. The van der Waals surface area contributed by atoms with E-state index in [1.54, 1.807) is 27.9 Å². The molecule has 0 spiro atoms. The Morgan fingerprint density at radius 3 is 1.08 bits per heavy atom. The summed E-state index contributed by atoms with van der Waals surface area (Å²) in [4.78, 5) is 50.0. The van der Waals surface area contributed by atoms with Crippen molar-refractivity contribution in [1.29, 1.82) is 0 Å². The Morgan fingerprint density at radius 2 is 1.08 bits per heavy atom. The molecule has 2 heterocycles. The highest BCUT2D eigenvalue weighted by atomic mass is 16.5. The second-order valence-corrected chi connectivity index (χ2v) is 11.1. The number of ether oxygens (including phenoxy) is 1. The normalized spacial score (nSPS) is 18.8. The minimum atomic E-state index is -0.741. The van der Waals surface area contributed by atoms with Crippen LogP contribution in [-0.4, -0.2) is 54.2 Å². The molecule has 0 bridgehead atoms. The SMILES string of the molecule is CC(=O)C(C)C.CC(C)C(=O)O.CC=O.COC(C)=C(C)C.C[C@@H]1NC(=O)C1(C)C.C[C@@H]1NC(=O)C1(C)C. The molecule has 2 atom stereocenters. The number of amides is 2. The highest BCUT2D eigenvalue weighted by Crippen LogP contribution is 2.29. The van der Waals surface area contributed by atoms with Crippen molar-refractivity contribution < 1.29 is 33.8 Å². The van der Waals surface area contributed by atoms with Crippen LogP contribution in [0.5, 0.6) is 0 Å². The van der Waals surface area contributed by atoms with Crippen LogP contribution in [0.2, 0.25) is 0 Å². The summed E-state index contributed by atoms with van der Waals surface area (Å²) >= 11 is 0. The lowest BCUT2D eigenvalue weighted by atomic mass is 9.77. The van der Waals surface area contributed by atoms with Gasteiger partial charge in [-0.25, -0.2) is 0 Å². The first-order chi connectivity index (χ1) is 17.0. The van der Waals surface area contributed by atoms with Crippen LogP contribution in [0.1, 0.15) is 104 Å². The van der Waals surface area contributed by atoms with E-state index in [9.17, 15) is 19.2 Å². The zero-order valence-corrected chi connectivity index (χ0v) is 26.8. The number of carboxylic acids is 1. The number of hydrogen-bond acceptors (Lipinski definition) is 6. The number of allylic oxidation sites excluding steroid dienone is 2. The van der Waals surface area contributed by atoms with Crippen LogP contribution in [0.3, 0.4) is 0 Å². The number of rotatable bonds is 3. The van der Waals surface area contributed by atoms with Crippen LogP contribution in [0, 0.1) is 22.7 Å². The lowest BCUT2D eigenvalue weighted by molar-refractivity contribution is -0.142. The van der Waals surface area contributed by atoms with Gasteiger partial charge in [-0.2, -0.15) is 0 Å². The molecule has 2 saturated heterocycles. The number of aliphatic carboxylic acids is 1. The number of carbonyl (C=O) groups excluding carboxylic acids is 4. The summed E-state index contributed by atoms with van der Waals surface area (Å²) in [5.74, 6) is 0.856. The van der Waals surface area contributed by atoms with E-state index in [2.05, 4.69) is 10.6 Å². The average molecular weight is 545 g/mol. The van der Waals surface area contributed by atoms with Gasteiger partial charge in [0.15, 0.2) is 0 Å². The topological polar surface area (TPSA) is 139 Å². The Labute approximate surface area is 231 Å². The summed E-state index contributed by atoms with van der Waals surface area (Å²) in [5.41, 5.74) is 1.02. The molecule has 9 heteroatoms. The molecule has 0 aromatic carbocycles. The van der Waals surface area contributed by atoms with E-state index in [4.69, 9.17) is 14.6 Å². The van der Waals surface area contributed by atoms with Crippen molar-refractivity contribution in [3.63, 3.8) is 0 Å². The third-order valence-electron chi connectivity index (χ3n) is 6.35. The highest BCUT2D eigenvalue weighted by Gasteiger charge is 2.44. The van der Waals surface area contributed by atoms with Gasteiger partial charge in [0.2, 0.25) is 11.8 Å². The third-order valence-corrected chi connectivity index (χ3v) is 6.35. The van der Waals surface area contributed by atoms with Gasteiger partial charge in [-0.3, -0.25) is 19.2 Å². The van der Waals surface area contributed by atoms with Crippen LogP contribution in [0.25, 0.3) is 0 Å². The summed E-state index contributed by atoms with van der Waals surface area (Å²) in [6.45, 7) is 28.0. The standard InChI is InChI=1S/2C6H11NO.C6H12O.C5H10O.C4H8O2.C2H4O/c2*1-4-6(2,3)5(8)7-4;1-5(2)6(3)7-4;1-4(2)5(3)6;1-3(2)4(5)6;1-2-3/h2*4H,1-3H3,(H,7,8);1-4H3;4H,1-3H3;3H,1-2H3,(H,5,6);2H,1H3/t2*4-;;;;/m00..../s1. The molecule has 0 unspecified atom stereocenters. The number of carboxylic acid groups (broad SMARTS) is 1. The van der Waals surface area contributed by atoms with Gasteiger partial charge in [0.25, 0.3) is 0 Å². The summed E-state index contributed by atoms with van der Waals surface area (Å²) < 4.78 is 4.89. The summed E-state index contributed by atoms with van der Waals surface area (Å²) in [6.07, 6.45) is 0.750. The number of hydrogen-bond donors (Lipinski definition) is 3. The smallest absolute Gasteiger partial charge is 0.305 e. The van der Waals surface area contributed by atoms with Crippen molar-refractivity contribution in [2.45, 2.75) is 116 Å². The quantitative estimate of drug-likeness (QED) is 0.253. The van der Waals surface area contributed by atoms with Crippen molar-refractivity contribution in [2.24, 2.45) is 22.7 Å². The fourth-order valence-electron chi connectivity index (χ4n) is 1.57. The Balaban J connectivity index is -0.000000186. The van der Waals surface area contributed by atoms with Crippen LogP contribution in [0.15, 0.2) is 11.3 Å². The number of carbonyl (C=O) groups is 5. The number of β-lactam (4-membered cyclic amide) rings is 2. The Morgan fingerprint density at radius 1 is 0.842 bits per heavy atom. The average Bonchev–Trinajstić information content (AvgIpc) is 2.81. The van der Waals surface area contributed by atoms with E-state index in [1.165, 1.54) is 12.5 Å². The molecule has 2 rings (SSSR count). The number of methoxy groups -OCH3 is 1. The van der Waals surface area contributed by atoms with Crippen molar-refractivity contribution in [3.05, 3.63) is 11.3 Å². The van der Waals surface area contributed by atoms with E-state index in [-0.39, 0.29) is 40.3 Å². The maximum atomic E-state index is 10.7. The van der Waals surface area contributed by atoms with Crippen LogP contribution < -0.4 is 10.6 Å². The van der Waals surface area contributed by atoms with Gasteiger partial charge in [0.05, 0.1) is 29.6 Å². The second-order valence-electron chi connectivity index (χ2n) is 11.1. The van der Waals surface area contributed by atoms with Gasteiger partial charge in [-0.05, 0) is 81.7 Å². The first kappa shape index (κ1) is 42.4. The summed E-state index contributed by atoms with van der Waals surface area (Å²) in [6, 6.07) is 0.713. The maximum Gasteiger partial charge on any atom is 0.305 e. The van der Waals surface area contributed by atoms with Crippen LogP contribution in [0.4, 0.5) is 0 Å². The molecule has 2 aliphatic rings. The number of nitrogens with one attached hydrogen (secondary N) is 2. The van der Waals surface area contributed by atoms with E-state index in [0.29, 0.717) is 12.1 Å². The Kier molecular flexibility index (Phi) is 22.6. The van der Waals surface area contributed by atoms with E-state index >= 15 is 0 Å². The lowest BCUT2D eigenvalue weighted by Crippen LogP contribution is -2.62. The zero-order valence-electron chi connectivity index (χ0n) is 26.8. The molecule has 0 aliphatic carbocycles. The molecule has 2 amide bonds. The van der Waals surface area contributed by atoms with Gasteiger partial charge in [-0.15, -0.1) is 0 Å². The van der Waals surface area contributed by atoms with Gasteiger partial charge in [0, 0.05) is 18.0 Å². The Hall–Kier alpha value is -2.71. The molecular formula is C29H56N2O7. The van der Waals surface area contributed by atoms with Gasteiger partial charge in [-0.1, -0.05) is 27.7 Å². The molecule has 3 N–H and O–H groups in total. The van der Waals surface area contributed by atoms with Crippen molar-refractivity contribution in [1.82, 2.24) is 10.6 Å². The van der Waals surface area contributed by atoms with Gasteiger partial charge < -0.3 is 25.3 Å². The maximum absolute atomic E-state index is 10.7. The minimum Gasteiger partial charge on any atom is -0.501 e. The fourth-order valence-corrected chi connectivity index (χ4v) is 1.57. The van der Waals surface area contributed by atoms with Crippen molar-refractivity contribution >= 4 is 29.9 Å². The molecule has 9 nitrogen and oxygen atoms in total. The monoisotopic (exact) mass is 544 g/mol. The third kappa shape index (κ3) is 18.5. The molecule has 2 fully saturated rings. The van der Waals surface area contributed by atoms with Crippen molar-refractivity contribution in [2.75, 3.05) is 7.11 Å². The predicted molar refractivity (Wildman–Crippen MR) is 154 cm³/mol. The second kappa shape index (κ2) is 20.3. The molecule has 0 aromatic heterocycles. The fraction of sp³-hybridized carbons (Fsp3) is 0.759. The molecule has 224 valence electrons. The number of ketones is 1. The minimum absolute atomic E-state index is 0.111. The first-order valence-corrected chi connectivity index (χ1v) is 12.9. The van der Waals surface area contributed by atoms with E-state index in [0.717, 1.165) is 12.0 Å². The zero-order chi connectivity index (χ0) is 31.6. The number of Topliss-reactive ketones (excluding diaryl/α,β-unsaturated/α-hetero) is 1. The van der Waals surface area contributed by atoms with E-state index in [1.807, 2.05) is 76.2 Å². The number of aldehydes is 1. The van der Waals surface area contributed by atoms with Gasteiger partial charge >= 0.3 is 5.97 Å². The van der Waals surface area contributed by atoms with Crippen molar-refractivity contribution in [3.8, 4) is 0 Å². The summed E-state index contributed by atoms with van der Waals surface area (Å²) in [5, 5.41) is 13.5.